The lowest BCUT2D eigenvalue weighted by Gasteiger charge is -2.21. The average Bonchev–Trinajstić information content (AvgIpc) is 3.11. The van der Waals surface area contributed by atoms with Crippen LogP contribution in [0.25, 0.3) is 0 Å². The zero-order chi connectivity index (χ0) is 13.2. The lowest BCUT2D eigenvalue weighted by atomic mass is 10.1. The van der Waals surface area contributed by atoms with Gasteiger partial charge in [0.05, 0.1) is 36.2 Å². The number of carbonyl (C=O) groups is 1. The molecule has 0 unspecified atom stereocenters. The minimum atomic E-state index is -0.592. The monoisotopic (exact) mass is 278 g/mol. The molecule has 2 aromatic rings. The second kappa shape index (κ2) is 5.10. The zero-order valence-corrected chi connectivity index (χ0v) is 11.0. The molecule has 2 aromatic heterocycles. The van der Waals surface area contributed by atoms with Gasteiger partial charge in [0.15, 0.2) is 0 Å². The molecule has 0 spiro atoms. The lowest BCUT2D eigenvalue weighted by molar-refractivity contribution is 0.0817. The highest BCUT2D eigenvalue weighted by atomic mass is 32.1. The number of amides is 1. The van der Waals surface area contributed by atoms with E-state index in [2.05, 4.69) is 15.3 Å². The summed E-state index contributed by atoms with van der Waals surface area (Å²) in [5, 5.41) is 13.2. The highest BCUT2D eigenvalue weighted by molar-refractivity contribution is 7.11. The van der Waals surface area contributed by atoms with Crippen LogP contribution in [0.4, 0.5) is 0 Å². The Labute approximate surface area is 114 Å². The smallest absolute Gasteiger partial charge is 0.263 e. The Morgan fingerprint density at radius 3 is 3.05 bits per heavy atom. The van der Waals surface area contributed by atoms with Crippen LogP contribution < -0.4 is 5.32 Å². The van der Waals surface area contributed by atoms with Crippen molar-refractivity contribution >= 4 is 17.2 Å². The van der Waals surface area contributed by atoms with Crippen LogP contribution in [-0.4, -0.2) is 37.7 Å². The number of rotatable bonds is 3. The quantitative estimate of drug-likeness (QED) is 0.871. The van der Waals surface area contributed by atoms with E-state index in [4.69, 9.17) is 0 Å². The van der Waals surface area contributed by atoms with Crippen LogP contribution in [0.3, 0.4) is 0 Å². The molecule has 1 saturated carbocycles. The molecule has 1 fully saturated rings. The van der Waals surface area contributed by atoms with Gasteiger partial charge in [-0.1, -0.05) is 0 Å². The largest absolute Gasteiger partial charge is 0.389 e. The molecular weight excluding hydrogens is 264 g/mol. The van der Waals surface area contributed by atoms with Crippen LogP contribution in [0.1, 0.15) is 28.6 Å². The van der Waals surface area contributed by atoms with Crippen molar-refractivity contribution in [2.45, 2.75) is 31.0 Å². The van der Waals surface area contributed by atoms with Crippen molar-refractivity contribution in [3.8, 4) is 0 Å². The fraction of sp³-hybridized carbons (Fsp3) is 0.417. The Morgan fingerprint density at radius 1 is 1.47 bits per heavy atom. The number of aliphatic hydroxyl groups excluding tert-OH is 1. The van der Waals surface area contributed by atoms with Gasteiger partial charge in [-0.25, -0.2) is 4.98 Å². The van der Waals surface area contributed by atoms with Crippen LogP contribution in [0.5, 0.6) is 0 Å². The number of aliphatic hydroxyl groups is 1. The molecule has 100 valence electrons. The van der Waals surface area contributed by atoms with Crippen molar-refractivity contribution in [2.75, 3.05) is 0 Å². The van der Waals surface area contributed by atoms with Crippen LogP contribution in [0.2, 0.25) is 0 Å². The first kappa shape index (κ1) is 12.3. The van der Waals surface area contributed by atoms with Crippen LogP contribution in [0.15, 0.2) is 30.4 Å². The van der Waals surface area contributed by atoms with Gasteiger partial charge in [0, 0.05) is 12.4 Å². The molecule has 0 saturated heterocycles. The summed E-state index contributed by atoms with van der Waals surface area (Å²) in [4.78, 5) is 20.4. The molecule has 2 heterocycles. The SMILES string of the molecule is O=C(N[C@@H]1CC[C@@H](n2ccnc2)[C@@H]1O)c1cncs1. The maximum Gasteiger partial charge on any atom is 0.263 e. The predicted molar refractivity (Wildman–Crippen MR) is 69.9 cm³/mol. The third kappa shape index (κ3) is 2.39. The molecule has 3 atom stereocenters. The van der Waals surface area contributed by atoms with E-state index in [-0.39, 0.29) is 18.0 Å². The van der Waals surface area contributed by atoms with Gasteiger partial charge in [-0.3, -0.25) is 9.78 Å². The molecule has 2 N–H and O–H groups in total. The van der Waals surface area contributed by atoms with Crippen LogP contribution >= 0.6 is 11.3 Å². The molecule has 7 heteroatoms. The number of hydrogen-bond acceptors (Lipinski definition) is 5. The van der Waals surface area contributed by atoms with E-state index in [0.717, 1.165) is 12.8 Å². The number of nitrogens with zero attached hydrogens (tertiary/aromatic N) is 3. The number of aromatic nitrogens is 3. The van der Waals surface area contributed by atoms with E-state index in [1.807, 2.05) is 10.8 Å². The van der Waals surface area contributed by atoms with Crippen molar-refractivity contribution in [1.82, 2.24) is 19.9 Å². The summed E-state index contributed by atoms with van der Waals surface area (Å²) in [6.07, 6.45) is 7.75. The number of thiazole rings is 1. The molecule has 19 heavy (non-hydrogen) atoms. The molecule has 0 bridgehead atoms. The van der Waals surface area contributed by atoms with Gasteiger partial charge in [-0.2, -0.15) is 0 Å². The molecule has 0 radical (unpaired) electrons. The van der Waals surface area contributed by atoms with E-state index >= 15 is 0 Å². The maximum atomic E-state index is 11.9. The topological polar surface area (TPSA) is 80.0 Å². The molecule has 3 rings (SSSR count). The third-order valence-corrected chi connectivity index (χ3v) is 4.23. The summed E-state index contributed by atoms with van der Waals surface area (Å²) >= 11 is 1.29. The standard InChI is InChI=1S/C12H14N4O2S/c17-11-8(15-12(18)10-5-14-7-19-10)1-2-9(11)16-4-3-13-6-16/h3-9,11,17H,1-2H2,(H,15,18)/t8-,9-,11-/m1/s1. The Balaban J connectivity index is 1.66. The lowest BCUT2D eigenvalue weighted by Crippen LogP contribution is -2.41. The molecular formula is C12H14N4O2S. The highest BCUT2D eigenvalue weighted by Crippen LogP contribution is 2.30. The summed E-state index contributed by atoms with van der Waals surface area (Å²) in [5.41, 5.74) is 1.62. The number of carbonyl (C=O) groups excluding carboxylic acids is 1. The first-order chi connectivity index (χ1) is 9.25. The van der Waals surface area contributed by atoms with Crippen molar-refractivity contribution < 1.29 is 9.90 Å². The molecule has 1 amide bonds. The first-order valence-corrected chi connectivity index (χ1v) is 6.98. The highest BCUT2D eigenvalue weighted by Gasteiger charge is 2.36. The van der Waals surface area contributed by atoms with Gasteiger partial charge in [-0.15, -0.1) is 11.3 Å². The van der Waals surface area contributed by atoms with E-state index in [1.165, 1.54) is 17.5 Å². The van der Waals surface area contributed by atoms with Gasteiger partial charge >= 0.3 is 0 Å². The number of hydrogen-bond donors (Lipinski definition) is 2. The summed E-state index contributed by atoms with van der Waals surface area (Å²) < 4.78 is 1.89. The van der Waals surface area contributed by atoms with E-state index in [1.54, 1.807) is 18.0 Å². The minimum absolute atomic E-state index is 0.0192. The predicted octanol–water partition coefficient (Wildman–Crippen LogP) is 0.834. The van der Waals surface area contributed by atoms with Gasteiger partial charge in [-0.05, 0) is 12.8 Å². The van der Waals surface area contributed by atoms with Gasteiger partial charge in [0.25, 0.3) is 5.91 Å². The van der Waals surface area contributed by atoms with Crippen molar-refractivity contribution in [3.63, 3.8) is 0 Å². The average molecular weight is 278 g/mol. The zero-order valence-electron chi connectivity index (χ0n) is 10.1. The fourth-order valence-corrected chi connectivity index (χ4v) is 3.00. The summed E-state index contributed by atoms with van der Waals surface area (Å²) in [6, 6.07) is -0.240. The van der Waals surface area contributed by atoms with Crippen LogP contribution in [0, 0.1) is 0 Å². The molecule has 0 aromatic carbocycles. The molecule has 0 aliphatic heterocycles. The van der Waals surface area contributed by atoms with E-state index in [0.29, 0.717) is 4.88 Å². The van der Waals surface area contributed by atoms with Gasteiger partial charge < -0.3 is 15.0 Å². The van der Waals surface area contributed by atoms with E-state index in [9.17, 15) is 9.90 Å². The summed E-state index contributed by atoms with van der Waals surface area (Å²) in [7, 11) is 0. The maximum absolute atomic E-state index is 11.9. The second-order valence-electron chi connectivity index (χ2n) is 4.59. The van der Waals surface area contributed by atoms with Crippen molar-refractivity contribution in [2.24, 2.45) is 0 Å². The minimum Gasteiger partial charge on any atom is -0.389 e. The molecule has 1 aliphatic rings. The first-order valence-electron chi connectivity index (χ1n) is 6.10. The van der Waals surface area contributed by atoms with Crippen molar-refractivity contribution in [3.05, 3.63) is 35.3 Å². The summed E-state index contributed by atoms with van der Waals surface area (Å²) in [6.45, 7) is 0. The normalized spacial score (nSPS) is 26.5. The van der Waals surface area contributed by atoms with Crippen LogP contribution in [-0.2, 0) is 0 Å². The van der Waals surface area contributed by atoms with Crippen molar-refractivity contribution in [1.29, 1.82) is 0 Å². The Hall–Kier alpha value is -1.73. The Morgan fingerprint density at radius 2 is 2.37 bits per heavy atom. The number of nitrogens with one attached hydrogen (secondary N) is 1. The number of imidazole rings is 1. The van der Waals surface area contributed by atoms with E-state index < -0.39 is 6.10 Å². The Bertz CT molecular complexity index is 540. The fourth-order valence-electron chi connectivity index (χ4n) is 2.48. The third-order valence-electron chi connectivity index (χ3n) is 3.46. The molecule has 6 nitrogen and oxygen atoms in total. The second-order valence-corrected chi connectivity index (χ2v) is 5.48. The summed E-state index contributed by atoms with van der Waals surface area (Å²) in [5.74, 6) is -0.169. The van der Waals surface area contributed by atoms with Gasteiger partial charge in [0.2, 0.25) is 0 Å². The van der Waals surface area contributed by atoms with Gasteiger partial charge in [0.1, 0.15) is 4.88 Å². The Kier molecular flexibility index (Phi) is 3.31. The molecule has 1 aliphatic carbocycles.